The fourth-order valence-electron chi connectivity index (χ4n) is 2.93. The molecule has 0 aliphatic carbocycles. The number of hydrogen-bond acceptors (Lipinski definition) is 4. The quantitative estimate of drug-likeness (QED) is 0.869. The monoisotopic (exact) mass is 279 g/mol. The van der Waals surface area contributed by atoms with Crippen LogP contribution in [0.5, 0.6) is 11.5 Å². The Labute approximate surface area is 121 Å². The Morgan fingerprint density at radius 3 is 2.80 bits per heavy atom. The van der Waals surface area contributed by atoms with Gasteiger partial charge in [0.2, 0.25) is 0 Å². The molecule has 0 spiro atoms. The van der Waals surface area contributed by atoms with Gasteiger partial charge in [0, 0.05) is 11.6 Å². The summed E-state index contributed by atoms with van der Waals surface area (Å²) in [5, 5.41) is 14.1. The molecule has 2 N–H and O–H groups in total. The molecule has 1 aromatic rings. The highest BCUT2D eigenvalue weighted by molar-refractivity contribution is 5.42. The van der Waals surface area contributed by atoms with Crippen molar-refractivity contribution in [1.29, 1.82) is 0 Å². The van der Waals surface area contributed by atoms with Crippen LogP contribution >= 0.6 is 0 Å². The Balaban J connectivity index is 2.20. The van der Waals surface area contributed by atoms with Gasteiger partial charge in [-0.3, -0.25) is 0 Å². The third-order valence-corrected chi connectivity index (χ3v) is 4.26. The van der Waals surface area contributed by atoms with Gasteiger partial charge in [-0.1, -0.05) is 13.3 Å². The second kappa shape index (κ2) is 6.95. The van der Waals surface area contributed by atoms with E-state index >= 15 is 0 Å². The molecule has 0 saturated carbocycles. The summed E-state index contributed by atoms with van der Waals surface area (Å²) in [4.78, 5) is 0. The molecule has 4 nitrogen and oxygen atoms in total. The summed E-state index contributed by atoms with van der Waals surface area (Å²) < 4.78 is 10.6. The highest BCUT2D eigenvalue weighted by Crippen LogP contribution is 2.34. The molecule has 1 fully saturated rings. The lowest BCUT2D eigenvalue weighted by atomic mass is 9.86. The molecule has 1 aliphatic rings. The zero-order valence-electron chi connectivity index (χ0n) is 12.6. The average molecular weight is 279 g/mol. The maximum Gasteiger partial charge on any atom is 0.124 e. The topological polar surface area (TPSA) is 50.7 Å². The van der Waals surface area contributed by atoms with E-state index in [9.17, 15) is 5.11 Å². The van der Waals surface area contributed by atoms with Gasteiger partial charge < -0.3 is 19.9 Å². The fraction of sp³-hybridized carbons (Fsp3) is 0.625. The SMILES string of the molecule is CCC1CCNC(C(O)c2cc(OC)ccc2OC)C1. The van der Waals surface area contributed by atoms with Gasteiger partial charge in [-0.25, -0.2) is 0 Å². The predicted octanol–water partition coefficient (Wildman–Crippen LogP) is 2.52. The van der Waals surface area contributed by atoms with Gasteiger partial charge in [-0.05, 0) is 43.5 Å². The van der Waals surface area contributed by atoms with Crippen LogP contribution in [0.15, 0.2) is 18.2 Å². The summed E-state index contributed by atoms with van der Waals surface area (Å²) in [5.41, 5.74) is 0.793. The Morgan fingerprint density at radius 2 is 2.15 bits per heavy atom. The number of aliphatic hydroxyl groups is 1. The molecular weight excluding hydrogens is 254 g/mol. The fourth-order valence-corrected chi connectivity index (χ4v) is 2.93. The maximum atomic E-state index is 10.7. The lowest BCUT2D eigenvalue weighted by Crippen LogP contribution is -2.42. The van der Waals surface area contributed by atoms with Crippen molar-refractivity contribution in [2.24, 2.45) is 5.92 Å². The van der Waals surface area contributed by atoms with Crippen LogP contribution < -0.4 is 14.8 Å². The van der Waals surface area contributed by atoms with Crippen molar-refractivity contribution in [3.63, 3.8) is 0 Å². The van der Waals surface area contributed by atoms with E-state index in [1.54, 1.807) is 14.2 Å². The van der Waals surface area contributed by atoms with Gasteiger partial charge >= 0.3 is 0 Å². The Morgan fingerprint density at radius 1 is 1.35 bits per heavy atom. The van der Waals surface area contributed by atoms with Crippen LogP contribution in [0.1, 0.15) is 37.9 Å². The predicted molar refractivity (Wildman–Crippen MR) is 79.3 cm³/mol. The van der Waals surface area contributed by atoms with Crippen LogP contribution in [0, 0.1) is 5.92 Å². The molecule has 3 unspecified atom stereocenters. The van der Waals surface area contributed by atoms with E-state index in [-0.39, 0.29) is 6.04 Å². The first-order valence-electron chi connectivity index (χ1n) is 7.33. The largest absolute Gasteiger partial charge is 0.497 e. The first kappa shape index (κ1) is 15.1. The number of methoxy groups -OCH3 is 2. The van der Waals surface area contributed by atoms with Crippen LogP contribution in [0.3, 0.4) is 0 Å². The van der Waals surface area contributed by atoms with Crippen LogP contribution in [0.2, 0.25) is 0 Å². The van der Waals surface area contributed by atoms with Gasteiger partial charge in [0.05, 0.1) is 20.3 Å². The molecule has 20 heavy (non-hydrogen) atoms. The van der Waals surface area contributed by atoms with E-state index in [1.165, 1.54) is 12.8 Å². The van der Waals surface area contributed by atoms with E-state index in [0.29, 0.717) is 11.7 Å². The van der Waals surface area contributed by atoms with Crippen molar-refractivity contribution < 1.29 is 14.6 Å². The second-order valence-electron chi connectivity index (χ2n) is 5.41. The van der Waals surface area contributed by atoms with Crippen LogP contribution in [-0.4, -0.2) is 31.9 Å². The maximum absolute atomic E-state index is 10.7. The molecular formula is C16H25NO3. The third-order valence-electron chi connectivity index (χ3n) is 4.26. The number of ether oxygens (including phenoxy) is 2. The van der Waals surface area contributed by atoms with E-state index in [0.717, 1.165) is 24.3 Å². The highest BCUT2D eigenvalue weighted by atomic mass is 16.5. The van der Waals surface area contributed by atoms with Gasteiger partial charge in [0.15, 0.2) is 0 Å². The van der Waals surface area contributed by atoms with Crippen molar-refractivity contribution in [1.82, 2.24) is 5.32 Å². The lowest BCUT2D eigenvalue weighted by Gasteiger charge is -2.33. The summed E-state index contributed by atoms with van der Waals surface area (Å²) >= 11 is 0. The smallest absolute Gasteiger partial charge is 0.124 e. The first-order chi connectivity index (χ1) is 9.69. The molecule has 0 aromatic heterocycles. The number of hydrogen-bond donors (Lipinski definition) is 2. The van der Waals surface area contributed by atoms with E-state index in [1.807, 2.05) is 18.2 Å². The number of piperidine rings is 1. The number of rotatable bonds is 5. The number of nitrogens with one attached hydrogen (secondary N) is 1. The Bertz CT molecular complexity index is 436. The minimum atomic E-state index is -0.575. The van der Waals surface area contributed by atoms with E-state index in [2.05, 4.69) is 12.2 Å². The van der Waals surface area contributed by atoms with Gasteiger partial charge in [0.1, 0.15) is 11.5 Å². The minimum Gasteiger partial charge on any atom is -0.497 e. The van der Waals surface area contributed by atoms with Crippen LogP contribution in [-0.2, 0) is 0 Å². The molecule has 112 valence electrons. The second-order valence-corrected chi connectivity index (χ2v) is 5.41. The molecule has 1 saturated heterocycles. The zero-order valence-corrected chi connectivity index (χ0v) is 12.6. The summed E-state index contributed by atoms with van der Waals surface area (Å²) in [6, 6.07) is 5.63. The van der Waals surface area contributed by atoms with Crippen molar-refractivity contribution in [3.05, 3.63) is 23.8 Å². The van der Waals surface area contributed by atoms with Crippen LogP contribution in [0.25, 0.3) is 0 Å². The molecule has 1 aliphatic heterocycles. The Hall–Kier alpha value is -1.26. The molecule has 0 amide bonds. The summed E-state index contributed by atoms with van der Waals surface area (Å²) in [6.07, 6.45) is 2.78. The number of aliphatic hydroxyl groups excluding tert-OH is 1. The molecule has 0 bridgehead atoms. The van der Waals surface area contributed by atoms with Gasteiger partial charge in [-0.2, -0.15) is 0 Å². The Kier molecular flexibility index (Phi) is 5.26. The summed E-state index contributed by atoms with van der Waals surface area (Å²) in [6.45, 7) is 3.18. The van der Waals surface area contributed by atoms with Crippen molar-refractivity contribution in [2.45, 2.75) is 38.3 Å². The third kappa shape index (κ3) is 3.25. The standard InChI is InChI=1S/C16H25NO3/c1-4-11-7-8-17-14(9-11)16(18)13-10-12(19-2)5-6-15(13)20-3/h5-6,10-11,14,16-18H,4,7-9H2,1-3H3. The van der Waals surface area contributed by atoms with Gasteiger partial charge in [-0.15, -0.1) is 0 Å². The van der Waals surface area contributed by atoms with Crippen molar-refractivity contribution in [2.75, 3.05) is 20.8 Å². The van der Waals surface area contributed by atoms with E-state index < -0.39 is 6.10 Å². The van der Waals surface area contributed by atoms with Gasteiger partial charge in [0.25, 0.3) is 0 Å². The van der Waals surface area contributed by atoms with Crippen molar-refractivity contribution in [3.8, 4) is 11.5 Å². The van der Waals surface area contributed by atoms with Crippen LogP contribution in [0.4, 0.5) is 0 Å². The first-order valence-corrected chi connectivity index (χ1v) is 7.33. The molecule has 0 radical (unpaired) electrons. The van der Waals surface area contributed by atoms with E-state index in [4.69, 9.17) is 9.47 Å². The normalized spacial score (nSPS) is 24.2. The molecule has 2 rings (SSSR count). The number of benzene rings is 1. The molecule has 4 heteroatoms. The highest BCUT2D eigenvalue weighted by Gasteiger charge is 2.29. The molecule has 1 aromatic carbocycles. The zero-order chi connectivity index (χ0) is 14.5. The molecule has 3 atom stereocenters. The minimum absolute atomic E-state index is 0.0784. The summed E-state index contributed by atoms with van der Waals surface area (Å²) in [7, 11) is 3.26. The average Bonchev–Trinajstić information content (AvgIpc) is 2.53. The van der Waals surface area contributed by atoms with Crippen molar-refractivity contribution >= 4 is 0 Å². The molecule has 1 heterocycles. The summed E-state index contributed by atoms with van der Waals surface area (Å²) in [5.74, 6) is 2.13. The lowest BCUT2D eigenvalue weighted by molar-refractivity contribution is 0.0953.